The molecule has 14 heavy (non-hydrogen) atoms. The monoisotopic (exact) mass is 219 g/mol. The van der Waals surface area contributed by atoms with Crippen molar-refractivity contribution < 1.29 is 9.53 Å². The molecular formula is C10H21NO2S. The van der Waals surface area contributed by atoms with Crippen LogP contribution in [-0.2, 0) is 9.53 Å². The first kappa shape index (κ1) is 13.8. The average molecular weight is 219 g/mol. The third-order valence-corrected chi connectivity index (χ3v) is 3.16. The Labute approximate surface area is 91.0 Å². The zero-order chi connectivity index (χ0) is 11.0. The van der Waals surface area contributed by atoms with Crippen LogP contribution >= 0.6 is 11.8 Å². The summed E-state index contributed by atoms with van der Waals surface area (Å²) in [4.78, 5) is 11.0. The Kier molecular flexibility index (Phi) is 7.01. The van der Waals surface area contributed by atoms with Gasteiger partial charge in [0.1, 0.15) is 0 Å². The lowest BCUT2D eigenvalue weighted by atomic mass is 10.2. The quantitative estimate of drug-likeness (QED) is 0.522. The molecule has 0 aliphatic rings. The molecule has 1 N–H and O–H groups in total. The molecule has 0 saturated heterocycles. The zero-order valence-electron chi connectivity index (χ0n) is 9.55. The summed E-state index contributed by atoms with van der Waals surface area (Å²) >= 11 is 1.82. The second kappa shape index (κ2) is 7.12. The molecule has 3 nitrogen and oxygen atoms in total. The number of hydrogen-bond acceptors (Lipinski definition) is 4. The van der Waals surface area contributed by atoms with Gasteiger partial charge in [0.2, 0.25) is 0 Å². The van der Waals surface area contributed by atoms with Gasteiger partial charge < -0.3 is 10.1 Å². The van der Waals surface area contributed by atoms with Crippen LogP contribution in [0.2, 0.25) is 0 Å². The highest BCUT2D eigenvalue weighted by Crippen LogP contribution is 2.19. The molecule has 0 fully saturated rings. The molecule has 0 bridgehead atoms. The Bertz CT molecular complexity index is 172. The van der Waals surface area contributed by atoms with Gasteiger partial charge in [0.25, 0.3) is 0 Å². The van der Waals surface area contributed by atoms with Crippen LogP contribution in [0, 0.1) is 0 Å². The minimum Gasteiger partial charge on any atom is -0.466 e. The van der Waals surface area contributed by atoms with Crippen molar-refractivity contribution in [2.24, 2.45) is 0 Å². The molecule has 0 heterocycles. The van der Waals surface area contributed by atoms with Crippen molar-refractivity contribution in [1.82, 2.24) is 5.32 Å². The Morgan fingerprint density at radius 3 is 2.64 bits per heavy atom. The molecule has 0 aromatic heterocycles. The van der Waals surface area contributed by atoms with Crippen LogP contribution in [0.15, 0.2) is 0 Å². The van der Waals surface area contributed by atoms with Crippen LogP contribution in [-0.4, -0.2) is 36.7 Å². The van der Waals surface area contributed by atoms with Gasteiger partial charge in [-0.3, -0.25) is 4.79 Å². The Balaban J connectivity index is 3.42. The standard InChI is InChI=1S/C10H21NO2S/c1-5-13-9(12)6-7-11-8-10(2,3)14-4/h11H,5-8H2,1-4H3. The maximum Gasteiger partial charge on any atom is 0.307 e. The fourth-order valence-corrected chi connectivity index (χ4v) is 1.13. The highest BCUT2D eigenvalue weighted by molar-refractivity contribution is 7.99. The lowest BCUT2D eigenvalue weighted by Gasteiger charge is -2.22. The van der Waals surface area contributed by atoms with E-state index in [4.69, 9.17) is 4.74 Å². The lowest BCUT2D eigenvalue weighted by molar-refractivity contribution is -0.142. The Morgan fingerprint density at radius 2 is 2.14 bits per heavy atom. The summed E-state index contributed by atoms with van der Waals surface area (Å²) in [6.45, 7) is 8.25. The van der Waals surface area contributed by atoms with E-state index in [0.717, 1.165) is 6.54 Å². The number of thioether (sulfide) groups is 1. The molecule has 0 rings (SSSR count). The van der Waals surface area contributed by atoms with E-state index in [0.29, 0.717) is 19.6 Å². The normalized spacial score (nSPS) is 11.4. The third kappa shape index (κ3) is 7.21. The second-order valence-electron chi connectivity index (χ2n) is 3.70. The van der Waals surface area contributed by atoms with Gasteiger partial charge in [-0.05, 0) is 27.0 Å². The van der Waals surface area contributed by atoms with Crippen LogP contribution < -0.4 is 5.32 Å². The Hall–Kier alpha value is -0.220. The topological polar surface area (TPSA) is 38.3 Å². The summed E-state index contributed by atoms with van der Waals surface area (Å²) in [6, 6.07) is 0. The number of rotatable bonds is 7. The predicted molar refractivity (Wildman–Crippen MR) is 61.7 cm³/mol. The van der Waals surface area contributed by atoms with E-state index in [9.17, 15) is 4.79 Å². The smallest absolute Gasteiger partial charge is 0.307 e. The van der Waals surface area contributed by atoms with Crippen molar-refractivity contribution in [3.63, 3.8) is 0 Å². The molecule has 0 aliphatic heterocycles. The fraction of sp³-hybridized carbons (Fsp3) is 0.900. The maximum absolute atomic E-state index is 11.0. The largest absolute Gasteiger partial charge is 0.466 e. The second-order valence-corrected chi connectivity index (χ2v) is 5.21. The zero-order valence-corrected chi connectivity index (χ0v) is 10.4. The van der Waals surface area contributed by atoms with Crippen LogP contribution in [0.4, 0.5) is 0 Å². The molecule has 84 valence electrons. The minimum atomic E-state index is -0.123. The molecule has 0 unspecified atom stereocenters. The summed E-state index contributed by atoms with van der Waals surface area (Å²) < 4.78 is 5.05. The average Bonchev–Trinajstić information content (AvgIpc) is 2.13. The van der Waals surface area contributed by atoms with Gasteiger partial charge in [0, 0.05) is 17.8 Å². The SMILES string of the molecule is CCOC(=O)CCNCC(C)(C)SC. The van der Waals surface area contributed by atoms with Gasteiger partial charge in [0.05, 0.1) is 13.0 Å². The van der Waals surface area contributed by atoms with Crippen molar-refractivity contribution in [2.45, 2.75) is 31.9 Å². The third-order valence-electron chi connectivity index (χ3n) is 1.91. The number of nitrogens with one attached hydrogen (secondary N) is 1. The fourth-order valence-electron chi connectivity index (χ4n) is 0.885. The molecule has 0 radical (unpaired) electrons. The lowest BCUT2D eigenvalue weighted by Crippen LogP contribution is -2.33. The molecule has 0 aliphatic carbocycles. The summed E-state index contributed by atoms with van der Waals surface area (Å²) in [5.74, 6) is -0.123. The van der Waals surface area contributed by atoms with Crippen LogP contribution in [0.5, 0.6) is 0 Å². The highest BCUT2D eigenvalue weighted by atomic mass is 32.2. The van der Waals surface area contributed by atoms with E-state index in [1.165, 1.54) is 0 Å². The summed E-state index contributed by atoms with van der Waals surface area (Å²) in [5.41, 5.74) is 0. The first-order valence-electron chi connectivity index (χ1n) is 4.93. The molecule has 0 aromatic rings. The molecule has 0 atom stereocenters. The van der Waals surface area contributed by atoms with Gasteiger partial charge in [0.15, 0.2) is 0 Å². The molecule has 4 heteroatoms. The van der Waals surface area contributed by atoms with Crippen molar-refractivity contribution in [1.29, 1.82) is 0 Å². The van der Waals surface area contributed by atoms with Crippen LogP contribution in [0.25, 0.3) is 0 Å². The van der Waals surface area contributed by atoms with Gasteiger partial charge in [-0.1, -0.05) is 0 Å². The summed E-state index contributed by atoms with van der Waals surface area (Å²) in [5, 5.41) is 3.24. The molecule has 0 amide bonds. The highest BCUT2D eigenvalue weighted by Gasteiger charge is 2.14. The van der Waals surface area contributed by atoms with Crippen molar-refractivity contribution in [2.75, 3.05) is 26.0 Å². The van der Waals surface area contributed by atoms with Gasteiger partial charge >= 0.3 is 5.97 Å². The van der Waals surface area contributed by atoms with Crippen molar-refractivity contribution in [3.05, 3.63) is 0 Å². The Morgan fingerprint density at radius 1 is 1.50 bits per heavy atom. The summed E-state index contributed by atoms with van der Waals surface area (Å²) in [6.07, 6.45) is 2.55. The first-order chi connectivity index (χ1) is 6.52. The van der Waals surface area contributed by atoms with E-state index in [2.05, 4.69) is 25.4 Å². The van der Waals surface area contributed by atoms with E-state index in [1.54, 1.807) is 0 Å². The van der Waals surface area contributed by atoms with E-state index in [-0.39, 0.29) is 10.7 Å². The molecule has 0 spiro atoms. The van der Waals surface area contributed by atoms with Crippen molar-refractivity contribution >= 4 is 17.7 Å². The van der Waals surface area contributed by atoms with Crippen LogP contribution in [0.1, 0.15) is 27.2 Å². The van der Waals surface area contributed by atoms with Gasteiger partial charge in [-0.25, -0.2) is 0 Å². The van der Waals surface area contributed by atoms with Crippen molar-refractivity contribution in [3.8, 4) is 0 Å². The molecule has 0 aromatic carbocycles. The van der Waals surface area contributed by atoms with E-state index in [1.807, 2.05) is 18.7 Å². The number of esters is 1. The first-order valence-corrected chi connectivity index (χ1v) is 6.16. The molecular weight excluding hydrogens is 198 g/mol. The number of ether oxygens (including phenoxy) is 1. The minimum absolute atomic E-state index is 0.123. The number of carbonyl (C=O) groups excluding carboxylic acids is 1. The van der Waals surface area contributed by atoms with Crippen LogP contribution in [0.3, 0.4) is 0 Å². The molecule has 0 saturated carbocycles. The van der Waals surface area contributed by atoms with Gasteiger partial charge in [-0.15, -0.1) is 0 Å². The van der Waals surface area contributed by atoms with Gasteiger partial charge in [-0.2, -0.15) is 11.8 Å². The van der Waals surface area contributed by atoms with E-state index >= 15 is 0 Å². The van der Waals surface area contributed by atoms with E-state index < -0.39 is 0 Å². The maximum atomic E-state index is 11.0. The summed E-state index contributed by atoms with van der Waals surface area (Å²) in [7, 11) is 0. The number of carbonyl (C=O) groups is 1. The predicted octanol–water partition coefficient (Wildman–Crippen LogP) is 1.67. The number of hydrogen-bond donors (Lipinski definition) is 1.